The van der Waals surface area contributed by atoms with E-state index in [4.69, 9.17) is 10.5 Å². The van der Waals surface area contributed by atoms with Crippen LogP contribution in [0.15, 0.2) is 5.38 Å². The fourth-order valence-corrected chi connectivity index (χ4v) is 2.17. The van der Waals surface area contributed by atoms with Crippen LogP contribution in [0.25, 0.3) is 0 Å². The SMILES string of the molecule is CCc1nc(C(C)NC(=O)C(N)COC)cs1.Cl.Cl. The largest absolute Gasteiger partial charge is 0.383 e. The van der Waals surface area contributed by atoms with Crippen LogP contribution in [-0.2, 0) is 16.0 Å². The Morgan fingerprint density at radius 1 is 1.58 bits per heavy atom. The number of nitrogens with one attached hydrogen (secondary N) is 1. The minimum atomic E-state index is -0.633. The Kier molecular flexibility index (Phi) is 11.4. The average Bonchev–Trinajstić information content (AvgIpc) is 2.77. The van der Waals surface area contributed by atoms with Gasteiger partial charge in [0.15, 0.2) is 0 Å². The molecule has 0 aliphatic rings. The molecule has 0 bridgehead atoms. The number of methoxy groups -OCH3 is 1. The number of hydrogen-bond acceptors (Lipinski definition) is 5. The number of amides is 1. The van der Waals surface area contributed by atoms with E-state index in [0.717, 1.165) is 17.1 Å². The van der Waals surface area contributed by atoms with E-state index in [-0.39, 0.29) is 43.4 Å². The van der Waals surface area contributed by atoms with Crippen LogP contribution in [0.3, 0.4) is 0 Å². The number of carbonyl (C=O) groups is 1. The fourth-order valence-electron chi connectivity index (χ4n) is 1.34. The molecule has 2 atom stereocenters. The number of ether oxygens (including phenoxy) is 1. The molecule has 8 heteroatoms. The van der Waals surface area contributed by atoms with Crippen molar-refractivity contribution in [1.29, 1.82) is 0 Å². The Balaban J connectivity index is 0. The number of aryl methyl sites for hydroxylation is 1. The first-order chi connectivity index (χ1) is 8.08. The summed E-state index contributed by atoms with van der Waals surface area (Å²) in [6.07, 6.45) is 0.911. The molecule has 1 heterocycles. The Morgan fingerprint density at radius 3 is 2.68 bits per heavy atom. The third-order valence-corrected chi connectivity index (χ3v) is 3.37. The van der Waals surface area contributed by atoms with Crippen molar-refractivity contribution in [3.05, 3.63) is 16.1 Å². The highest BCUT2D eigenvalue weighted by Crippen LogP contribution is 2.16. The molecule has 5 nitrogen and oxygen atoms in total. The van der Waals surface area contributed by atoms with Gasteiger partial charge in [-0.15, -0.1) is 36.2 Å². The molecule has 1 rings (SSSR count). The number of aromatic nitrogens is 1. The van der Waals surface area contributed by atoms with E-state index in [1.54, 1.807) is 11.3 Å². The number of nitrogens with zero attached hydrogens (tertiary/aromatic N) is 1. The second-order valence-corrected chi connectivity index (χ2v) is 4.75. The van der Waals surface area contributed by atoms with Gasteiger partial charge in [0.1, 0.15) is 6.04 Å². The monoisotopic (exact) mass is 329 g/mol. The van der Waals surface area contributed by atoms with E-state index in [0.29, 0.717) is 0 Å². The molecule has 19 heavy (non-hydrogen) atoms. The first kappa shape index (κ1) is 20.9. The van der Waals surface area contributed by atoms with E-state index in [1.165, 1.54) is 7.11 Å². The highest BCUT2D eigenvalue weighted by molar-refractivity contribution is 7.09. The van der Waals surface area contributed by atoms with Crippen molar-refractivity contribution in [3.8, 4) is 0 Å². The Hall–Kier alpha value is -0.400. The van der Waals surface area contributed by atoms with Gasteiger partial charge in [0.05, 0.1) is 23.4 Å². The summed E-state index contributed by atoms with van der Waals surface area (Å²) < 4.78 is 4.83. The molecule has 3 N–H and O–H groups in total. The standard InChI is InChI=1S/C11H19N3O2S.2ClH/c1-4-10-14-9(6-17-10)7(2)13-11(15)8(12)5-16-3;;/h6-8H,4-5,12H2,1-3H3,(H,13,15);2*1H. The smallest absolute Gasteiger partial charge is 0.239 e. The van der Waals surface area contributed by atoms with E-state index in [1.807, 2.05) is 12.3 Å². The first-order valence-electron chi connectivity index (χ1n) is 5.57. The molecule has 2 unspecified atom stereocenters. The van der Waals surface area contributed by atoms with Gasteiger partial charge in [-0.3, -0.25) is 4.79 Å². The Morgan fingerprint density at radius 2 is 2.21 bits per heavy atom. The van der Waals surface area contributed by atoms with Gasteiger partial charge in [0, 0.05) is 12.5 Å². The van der Waals surface area contributed by atoms with Gasteiger partial charge in [-0.05, 0) is 13.3 Å². The molecule has 0 fully saturated rings. The minimum Gasteiger partial charge on any atom is -0.383 e. The summed E-state index contributed by atoms with van der Waals surface area (Å²) >= 11 is 1.61. The summed E-state index contributed by atoms with van der Waals surface area (Å²) in [7, 11) is 1.52. The third-order valence-electron chi connectivity index (χ3n) is 2.36. The van der Waals surface area contributed by atoms with Gasteiger partial charge in [-0.25, -0.2) is 4.98 Å². The number of thiazole rings is 1. The molecule has 1 aromatic rings. The normalized spacial score (nSPS) is 12.8. The highest BCUT2D eigenvalue weighted by atomic mass is 35.5. The van der Waals surface area contributed by atoms with Gasteiger partial charge in [-0.2, -0.15) is 0 Å². The topological polar surface area (TPSA) is 77.2 Å². The third kappa shape index (κ3) is 6.54. The molecule has 0 aliphatic carbocycles. The van der Waals surface area contributed by atoms with Crippen LogP contribution in [0.1, 0.15) is 30.6 Å². The van der Waals surface area contributed by atoms with Crippen molar-refractivity contribution < 1.29 is 9.53 Å². The van der Waals surface area contributed by atoms with E-state index in [2.05, 4.69) is 17.2 Å². The number of rotatable bonds is 6. The maximum atomic E-state index is 11.7. The van der Waals surface area contributed by atoms with Gasteiger partial charge in [0.2, 0.25) is 5.91 Å². The van der Waals surface area contributed by atoms with Crippen molar-refractivity contribution >= 4 is 42.1 Å². The predicted octanol–water partition coefficient (Wildman–Crippen LogP) is 1.70. The van der Waals surface area contributed by atoms with Crippen molar-refractivity contribution in [2.24, 2.45) is 5.73 Å². The summed E-state index contributed by atoms with van der Waals surface area (Å²) in [4.78, 5) is 16.1. The van der Waals surface area contributed by atoms with E-state index < -0.39 is 6.04 Å². The molecule has 0 aliphatic heterocycles. The second kappa shape index (κ2) is 10.4. The molecular formula is C11H21Cl2N3O2S. The number of hydrogen-bond donors (Lipinski definition) is 2. The lowest BCUT2D eigenvalue weighted by atomic mass is 10.2. The zero-order valence-electron chi connectivity index (χ0n) is 11.2. The molecule has 0 aromatic carbocycles. The van der Waals surface area contributed by atoms with Crippen LogP contribution in [-0.4, -0.2) is 30.6 Å². The van der Waals surface area contributed by atoms with Crippen LogP contribution in [0.5, 0.6) is 0 Å². The first-order valence-corrected chi connectivity index (χ1v) is 6.45. The zero-order chi connectivity index (χ0) is 12.8. The van der Waals surface area contributed by atoms with Gasteiger partial charge in [-0.1, -0.05) is 6.92 Å². The maximum Gasteiger partial charge on any atom is 0.239 e. The predicted molar refractivity (Wildman–Crippen MR) is 82.4 cm³/mol. The van der Waals surface area contributed by atoms with E-state index in [9.17, 15) is 4.79 Å². The average molecular weight is 330 g/mol. The molecule has 112 valence electrons. The van der Waals surface area contributed by atoms with Crippen LogP contribution in [0.2, 0.25) is 0 Å². The fraction of sp³-hybridized carbons (Fsp3) is 0.636. The number of nitrogens with two attached hydrogens (primary N) is 1. The van der Waals surface area contributed by atoms with Crippen molar-refractivity contribution in [3.63, 3.8) is 0 Å². The van der Waals surface area contributed by atoms with Gasteiger partial charge >= 0.3 is 0 Å². The lowest BCUT2D eigenvalue weighted by Gasteiger charge is -2.15. The summed E-state index contributed by atoms with van der Waals surface area (Å²) in [5.41, 5.74) is 6.51. The molecule has 0 spiro atoms. The van der Waals surface area contributed by atoms with Crippen molar-refractivity contribution in [2.45, 2.75) is 32.4 Å². The molecule has 0 radical (unpaired) electrons. The molecule has 0 saturated heterocycles. The Bertz CT molecular complexity index is 377. The van der Waals surface area contributed by atoms with Crippen LogP contribution in [0, 0.1) is 0 Å². The summed E-state index contributed by atoms with van der Waals surface area (Å²) in [5.74, 6) is -0.217. The van der Waals surface area contributed by atoms with Crippen molar-refractivity contribution in [1.82, 2.24) is 10.3 Å². The number of halogens is 2. The minimum absolute atomic E-state index is 0. The van der Waals surface area contributed by atoms with Crippen LogP contribution < -0.4 is 11.1 Å². The van der Waals surface area contributed by atoms with Gasteiger partial charge in [0.25, 0.3) is 0 Å². The number of carbonyl (C=O) groups excluding carboxylic acids is 1. The van der Waals surface area contributed by atoms with Crippen LogP contribution in [0.4, 0.5) is 0 Å². The Labute approximate surface area is 130 Å². The molecule has 1 aromatic heterocycles. The maximum absolute atomic E-state index is 11.7. The summed E-state index contributed by atoms with van der Waals surface area (Å²) in [6, 6.07) is -0.756. The van der Waals surface area contributed by atoms with E-state index >= 15 is 0 Å². The molecule has 0 saturated carbocycles. The van der Waals surface area contributed by atoms with Crippen molar-refractivity contribution in [2.75, 3.05) is 13.7 Å². The second-order valence-electron chi connectivity index (χ2n) is 3.81. The summed E-state index contributed by atoms with van der Waals surface area (Å²) in [6.45, 7) is 4.17. The lowest BCUT2D eigenvalue weighted by molar-refractivity contribution is -0.124. The zero-order valence-corrected chi connectivity index (χ0v) is 13.7. The lowest BCUT2D eigenvalue weighted by Crippen LogP contribution is -2.44. The quantitative estimate of drug-likeness (QED) is 0.832. The highest BCUT2D eigenvalue weighted by Gasteiger charge is 2.17. The van der Waals surface area contributed by atoms with Crippen LogP contribution >= 0.6 is 36.2 Å². The molecule has 1 amide bonds. The molecular weight excluding hydrogens is 309 g/mol. The summed E-state index contributed by atoms with van der Waals surface area (Å²) in [5, 5.41) is 5.85. The van der Waals surface area contributed by atoms with Gasteiger partial charge < -0.3 is 15.8 Å².